The molecule has 3 heteroatoms. The van der Waals surface area contributed by atoms with Gasteiger partial charge in [0.15, 0.2) is 0 Å². The average Bonchev–Trinajstić information content (AvgIpc) is 3.52. The van der Waals surface area contributed by atoms with E-state index in [1.165, 1.54) is 74.6 Å². The Hall–Kier alpha value is -4.73. The summed E-state index contributed by atoms with van der Waals surface area (Å²) in [6.07, 6.45) is 1.92. The standard InChI is InChI=1S/C35H20N2S/c1-2-9-22-19-24-20-25(16-15-23(24)18-21(22)8-1)37-29-13-5-3-10-26(29)31-28-12-7-17-36-33(28)35-32(34(31)37)27-11-4-6-14-30(27)38-35/h1-20H. The van der Waals surface area contributed by atoms with E-state index >= 15 is 0 Å². The zero-order valence-corrected chi connectivity index (χ0v) is 21.2. The van der Waals surface area contributed by atoms with E-state index in [1.54, 1.807) is 0 Å². The number of benzene rings is 6. The topological polar surface area (TPSA) is 17.8 Å². The van der Waals surface area contributed by atoms with Gasteiger partial charge in [-0.25, -0.2) is 0 Å². The van der Waals surface area contributed by atoms with Gasteiger partial charge in [-0.15, -0.1) is 11.3 Å². The second kappa shape index (κ2) is 7.41. The number of fused-ring (bicyclic) bond motifs is 12. The van der Waals surface area contributed by atoms with E-state index in [0.717, 1.165) is 5.52 Å². The molecule has 0 N–H and O–H groups in total. The fraction of sp³-hybridized carbons (Fsp3) is 0. The molecule has 0 atom stereocenters. The van der Waals surface area contributed by atoms with Crippen molar-refractivity contribution in [2.45, 2.75) is 0 Å². The highest BCUT2D eigenvalue weighted by Crippen LogP contribution is 2.47. The number of nitrogens with zero attached hydrogens (tertiary/aromatic N) is 2. The Bertz CT molecular complexity index is 2410. The Morgan fingerprint density at radius 2 is 1.26 bits per heavy atom. The van der Waals surface area contributed by atoms with Crippen LogP contribution in [0.3, 0.4) is 0 Å². The molecular formula is C35H20N2S. The SMILES string of the molecule is c1ccc2cc3cc(-n4c5ccccc5c5c6cccnc6c6sc7ccccc7c6c54)ccc3cc2c1. The van der Waals surface area contributed by atoms with Crippen molar-refractivity contribution >= 4 is 85.8 Å². The van der Waals surface area contributed by atoms with Crippen LogP contribution < -0.4 is 0 Å². The van der Waals surface area contributed by atoms with E-state index in [-0.39, 0.29) is 0 Å². The molecule has 9 aromatic rings. The van der Waals surface area contributed by atoms with Crippen LogP contribution in [0.4, 0.5) is 0 Å². The van der Waals surface area contributed by atoms with Crippen LogP contribution >= 0.6 is 11.3 Å². The van der Waals surface area contributed by atoms with Crippen molar-refractivity contribution in [3.05, 3.63) is 121 Å². The van der Waals surface area contributed by atoms with Crippen LogP contribution in [0, 0.1) is 0 Å². The van der Waals surface area contributed by atoms with Crippen LogP contribution in [0.5, 0.6) is 0 Å². The highest BCUT2D eigenvalue weighted by molar-refractivity contribution is 7.26. The predicted octanol–water partition coefficient (Wildman–Crippen LogP) is 10.0. The largest absolute Gasteiger partial charge is 0.309 e. The van der Waals surface area contributed by atoms with Crippen LogP contribution in [0.15, 0.2) is 121 Å². The molecular weight excluding hydrogens is 480 g/mol. The van der Waals surface area contributed by atoms with Gasteiger partial charge in [0, 0.05) is 43.5 Å². The Kier molecular flexibility index (Phi) is 3.96. The molecule has 0 amide bonds. The molecule has 2 nitrogen and oxygen atoms in total. The second-order valence-electron chi connectivity index (χ2n) is 10.0. The molecule has 0 unspecified atom stereocenters. The number of para-hydroxylation sites is 1. The molecule has 0 bridgehead atoms. The second-order valence-corrected chi connectivity index (χ2v) is 11.1. The molecule has 9 rings (SSSR count). The third-order valence-electron chi connectivity index (χ3n) is 7.95. The molecule has 3 aromatic heterocycles. The van der Waals surface area contributed by atoms with Crippen molar-refractivity contribution < 1.29 is 0 Å². The van der Waals surface area contributed by atoms with E-state index in [2.05, 4.69) is 120 Å². The summed E-state index contributed by atoms with van der Waals surface area (Å²) in [6.45, 7) is 0. The molecule has 0 aliphatic heterocycles. The maximum absolute atomic E-state index is 4.91. The van der Waals surface area contributed by atoms with Gasteiger partial charge in [-0.2, -0.15) is 0 Å². The van der Waals surface area contributed by atoms with Gasteiger partial charge in [0.1, 0.15) is 0 Å². The van der Waals surface area contributed by atoms with Gasteiger partial charge >= 0.3 is 0 Å². The van der Waals surface area contributed by atoms with Gasteiger partial charge in [0.05, 0.1) is 21.3 Å². The lowest BCUT2D eigenvalue weighted by Gasteiger charge is -2.12. The third-order valence-corrected chi connectivity index (χ3v) is 9.12. The zero-order chi connectivity index (χ0) is 24.8. The summed E-state index contributed by atoms with van der Waals surface area (Å²) >= 11 is 1.85. The van der Waals surface area contributed by atoms with E-state index in [4.69, 9.17) is 4.98 Å². The first-order valence-corrected chi connectivity index (χ1v) is 13.7. The van der Waals surface area contributed by atoms with Crippen molar-refractivity contribution in [2.75, 3.05) is 0 Å². The van der Waals surface area contributed by atoms with Crippen LogP contribution in [0.25, 0.3) is 80.1 Å². The van der Waals surface area contributed by atoms with Gasteiger partial charge in [-0.1, -0.05) is 72.8 Å². The van der Waals surface area contributed by atoms with Crippen molar-refractivity contribution in [3.8, 4) is 5.69 Å². The quantitative estimate of drug-likeness (QED) is 0.205. The summed E-state index contributed by atoms with van der Waals surface area (Å²) in [6, 6.07) is 42.0. The predicted molar refractivity (Wildman–Crippen MR) is 164 cm³/mol. The van der Waals surface area contributed by atoms with Crippen LogP contribution in [-0.2, 0) is 0 Å². The first-order valence-electron chi connectivity index (χ1n) is 12.9. The highest BCUT2D eigenvalue weighted by atomic mass is 32.1. The lowest BCUT2D eigenvalue weighted by molar-refractivity contribution is 1.19. The van der Waals surface area contributed by atoms with Crippen molar-refractivity contribution in [3.63, 3.8) is 0 Å². The summed E-state index contributed by atoms with van der Waals surface area (Å²) in [4.78, 5) is 4.91. The van der Waals surface area contributed by atoms with Gasteiger partial charge in [-0.3, -0.25) is 4.98 Å². The van der Waals surface area contributed by atoms with Crippen molar-refractivity contribution in [1.82, 2.24) is 9.55 Å². The fourth-order valence-electron chi connectivity index (χ4n) is 6.32. The number of hydrogen-bond acceptors (Lipinski definition) is 2. The van der Waals surface area contributed by atoms with E-state index in [9.17, 15) is 0 Å². The molecule has 0 aliphatic carbocycles. The van der Waals surface area contributed by atoms with Gasteiger partial charge in [0.25, 0.3) is 0 Å². The Balaban J connectivity index is 1.53. The maximum Gasteiger partial charge on any atom is 0.0888 e. The first kappa shape index (κ1) is 20.3. The molecule has 176 valence electrons. The van der Waals surface area contributed by atoms with Crippen LogP contribution in [0.1, 0.15) is 0 Å². The third kappa shape index (κ3) is 2.64. The minimum atomic E-state index is 1.09. The normalized spacial score (nSPS) is 12.2. The van der Waals surface area contributed by atoms with Crippen molar-refractivity contribution in [1.29, 1.82) is 0 Å². The summed E-state index contributed by atoms with van der Waals surface area (Å²) in [5, 5.41) is 11.4. The molecule has 38 heavy (non-hydrogen) atoms. The molecule has 0 fully saturated rings. The average molecular weight is 501 g/mol. The highest BCUT2D eigenvalue weighted by Gasteiger charge is 2.22. The molecule has 0 saturated heterocycles. The fourth-order valence-corrected chi connectivity index (χ4v) is 7.53. The molecule has 0 saturated carbocycles. The number of rotatable bonds is 1. The minimum absolute atomic E-state index is 1.09. The number of pyridine rings is 1. The van der Waals surface area contributed by atoms with Gasteiger partial charge < -0.3 is 4.57 Å². The Morgan fingerprint density at radius 1 is 0.553 bits per heavy atom. The lowest BCUT2D eigenvalue weighted by atomic mass is 10.0. The van der Waals surface area contributed by atoms with Crippen molar-refractivity contribution in [2.24, 2.45) is 0 Å². The van der Waals surface area contributed by atoms with E-state index in [0.29, 0.717) is 0 Å². The van der Waals surface area contributed by atoms with Crippen LogP contribution in [-0.4, -0.2) is 9.55 Å². The number of hydrogen-bond donors (Lipinski definition) is 0. The smallest absolute Gasteiger partial charge is 0.0888 e. The maximum atomic E-state index is 4.91. The zero-order valence-electron chi connectivity index (χ0n) is 20.3. The Morgan fingerprint density at radius 3 is 2.16 bits per heavy atom. The number of thiophene rings is 1. The Labute approximate surface area is 222 Å². The van der Waals surface area contributed by atoms with Gasteiger partial charge in [0.2, 0.25) is 0 Å². The van der Waals surface area contributed by atoms with E-state index in [1.807, 2.05) is 17.5 Å². The monoisotopic (exact) mass is 500 g/mol. The summed E-state index contributed by atoms with van der Waals surface area (Å²) < 4.78 is 5.03. The van der Waals surface area contributed by atoms with Gasteiger partial charge in [-0.05, 0) is 64.0 Å². The molecule has 0 radical (unpaired) electrons. The van der Waals surface area contributed by atoms with Crippen LogP contribution in [0.2, 0.25) is 0 Å². The first-order chi connectivity index (χ1) is 18.8. The number of aromatic nitrogens is 2. The molecule has 6 aromatic carbocycles. The summed E-state index contributed by atoms with van der Waals surface area (Å²) in [7, 11) is 0. The lowest BCUT2D eigenvalue weighted by Crippen LogP contribution is -1.95. The molecule has 0 aliphatic rings. The molecule has 0 spiro atoms. The summed E-state index contributed by atoms with van der Waals surface area (Å²) in [5.74, 6) is 0. The minimum Gasteiger partial charge on any atom is -0.309 e. The van der Waals surface area contributed by atoms with E-state index < -0.39 is 0 Å². The molecule has 3 heterocycles. The summed E-state index contributed by atoms with van der Waals surface area (Å²) in [5.41, 5.74) is 4.75.